The molecule has 1 saturated heterocycles. The van der Waals surface area contributed by atoms with Gasteiger partial charge in [-0.15, -0.1) is 0 Å². The van der Waals surface area contributed by atoms with Gasteiger partial charge in [0.2, 0.25) is 0 Å². The van der Waals surface area contributed by atoms with Crippen LogP contribution >= 0.6 is 0 Å². The average molecular weight is 380 g/mol. The third-order valence-electron chi connectivity index (χ3n) is 6.23. The molecule has 4 nitrogen and oxygen atoms in total. The highest BCUT2D eigenvalue weighted by molar-refractivity contribution is 5.95. The quantitative estimate of drug-likeness (QED) is 0.740. The number of nitrogens with zero attached hydrogens (tertiary/aromatic N) is 1. The van der Waals surface area contributed by atoms with Gasteiger partial charge in [-0.25, -0.2) is 0 Å². The Bertz CT molecular complexity index is 805. The number of piperidine rings is 1. The lowest BCUT2D eigenvalue weighted by Crippen LogP contribution is -2.44. The van der Waals surface area contributed by atoms with Gasteiger partial charge in [-0.3, -0.25) is 4.79 Å². The second kappa shape index (κ2) is 8.68. The Hall–Kier alpha value is -2.49. The molecule has 0 unspecified atom stereocenters. The fraction of sp³-hybridized carbons (Fsp3) is 0.458. The number of rotatable bonds is 5. The molecule has 2 aromatic carbocycles. The van der Waals surface area contributed by atoms with Gasteiger partial charge >= 0.3 is 0 Å². The first-order chi connectivity index (χ1) is 13.7. The van der Waals surface area contributed by atoms with Gasteiger partial charge in [0.25, 0.3) is 5.91 Å². The summed E-state index contributed by atoms with van der Waals surface area (Å²) in [6.45, 7) is 2.24. The molecule has 2 fully saturated rings. The van der Waals surface area contributed by atoms with Crippen molar-refractivity contribution in [2.45, 2.75) is 38.7 Å². The van der Waals surface area contributed by atoms with E-state index >= 15 is 0 Å². The van der Waals surface area contributed by atoms with Crippen molar-refractivity contribution in [2.75, 3.05) is 20.2 Å². The summed E-state index contributed by atoms with van der Waals surface area (Å²) in [5.41, 5.74) is 1.78. The van der Waals surface area contributed by atoms with E-state index in [4.69, 9.17) is 9.47 Å². The highest BCUT2D eigenvalue weighted by atomic mass is 16.5. The Morgan fingerprint density at radius 3 is 2.57 bits per heavy atom. The molecule has 0 bridgehead atoms. The number of carbonyl (C=O) groups is 1. The number of benzene rings is 2. The van der Waals surface area contributed by atoms with Crippen LogP contribution in [-0.2, 0) is 6.61 Å². The monoisotopic (exact) mass is 379 g/mol. The normalized spacial score (nSPS) is 21.7. The van der Waals surface area contributed by atoms with Crippen molar-refractivity contribution in [1.82, 2.24) is 4.90 Å². The van der Waals surface area contributed by atoms with Gasteiger partial charge in [0.05, 0.1) is 7.11 Å². The molecule has 1 aliphatic carbocycles. The van der Waals surface area contributed by atoms with Crippen molar-refractivity contribution in [3.63, 3.8) is 0 Å². The molecule has 4 rings (SSSR count). The summed E-state index contributed by atoms with van der Waals surface area (Å²) >= 11 is 0. The minimum Gasteiger partial charge on any atom is -0.493 e. The molecule has 0 N–H and O–H groups in total. The van der Waals surface area contributed by atoms with Crippen LogP contribution in [0.2, 0.25) is 0 Å². The van der Waals surface area contributed by atoms with Gasteiger partial charge < -0.3 is 14.4 Å². The van der Waals surface area contributed by atoms with Crippen LogP contribution in [0, 0.1) is 11.8 Å². The summed E-state index contributed by atoms with van der Waals surface area (Å²) in [5.74, 6) is 2.88. The van der Waals surface area contributed by atoms with E-state index in [1.807, 2.05) is 53.4 Å². The lowest BCUT2D eigenvalue weighted by Gasteiger charge is -2.41. The average Bonchev–Trinajstić information content (AvgIpc) is 2.77. The zero-order valence-corrected chi connectivity index (χ0v) is 16.6. The van der Waals surface area contributed by atoms with Gasteiger partial charge in [0.1, 0.15) is 6.61 Å². The van der Waals surface area contributed by atoms with E-state index in [-0.39, 0.29) is 5.91 Å². The molecule has 1 aliphatic heterocycles. The molecule has 1 saturated carbocycles. The highest BCUT2D eigenvalue weighted by Crippen LogP contribution is 2.37. The lowest BCUT2D eigenvalue weighted by molar-refractivity contribution is 0.0520. The van der Waals surface area contributed by atoms with E-state index in [1.54, 1.807) is 7.11 Å². The molecule has 2 atom stereocenters. The Balaban J connectivity index is 1.43. The topological polar surface area (TPSA) is 38.8 Å². The molecule has 0 radical (unpaired) electrons. The van der Waals surface area contributed by atoms with Gasteiger partial charge in [-0.05, 0) is 48.4 Å². The fourth-order valence-electron chi connectivity index (χ4n) is 4.62. The number of hydrogen-bond donors (Lipinski definition) is 0. The van der Waals surface area contributed by atoms with E-state index in [1.165, 1.54) is 25.7 Å². The van der Waals surface area contributed by atoms with Gasteiger partial charge in [-0.1, -0.05) is 49.6 Å². The van der Waals surface area contributed by atoms with Gasteiger partial charge in [0.15, 0.2) is 11.5 Å². The molecule has 28 heavy (non-hydrogen) atoms. The zero-order valence-electron chi connectivity index (χ0n) is 16.6. The van der Waals surface area contributed by atoms with E-state index in [9.17, 15) is 4.79 Å². The van der Waals surface area contributed by atoms with Crippen molar-refractivity contribution < 1.29 is 14.3 Å². The second-order valence-electron chi connectivity index (χ2n) is 7.98. The summed E-state index contributed by atoms with van der Waals surface area (Å²) in [7, 11) is 1.62. The van der Waals surface area contributed by atoms with Crippen LogP contribution < -0.4 is 9.47 Å². The first kappa shape index (κ1) is 18.9. The molecular weight excluding hydrogens is 350 g/mol. The van der Waals surface area contributed by atoms with Gasteiger partial charge in [-0.2, -0.15) is 0 Å². The zero-order chi connectivity index (χ0) is 19.3. The smallest absolute Gasteiger partial charge is 0.254 e. The molecular formula is C24H29NO3. The number of methoxy groups -OCH3 is 1. The first-order valence-electron chi connectivity index (χ1n) is 10.4. The molecule has 4 heteroatoms. The highest BCUT2D eigenvalue weighted by Gasteiger charge is 2.33. The predicted molar refractivity (Wildman–Crippen MR) is 110 cm³/mol. The molecule has 2 aliphatic rings. The lowest BCUT2D eigenvalue weighted by atomic mass is 9.75. The Kier molecular flexibility index (Phi) is 5.84. The van der Waals surface area contributed by atoms with E-state index in [0.717, 1.165) is 31.0 Å². The Morgan fingerprint density at radius 1 is 1.00 bits per heavy atom. The van der Waals surface area contributed by atoms with Crippen LogP contribution in [0.25, 0.3) is 0 Å². The molecule has 148 valence electrons. The maximum atomic E-state index is 13.1. The Morgan fingerprint density at radius 2 is 1.79 bits per heavy atom. The third kappa shape index (κ3) is 4.16. The fourth-order valence-corrected chi connectivity index (χ4v) is 4.62. The second-order valence-corrected chi connectivity index (χ2v) is 7.98. The van der Waals surface area contributed by atoms with E-state index in [2.05, 4.69) is 0 Å². The number of fused-ring (bicyclic) bond motifs is 1. The van der Waals surface area contributed by atoms with Crippen LogP contribution in [0.1, 0.15) is 48.0 Å². The third-order valence-corrected chi connectivity index (χ3v) is 6.23. The van der Waals surface area contributed by atoms with Crippen LogP contribution in [0.3, 0.4) is 0 Å². The summed E-state index contributed by atoms with van der Waals surface area (Å²) in [4.78, 5) is 15.1. The minimum atomic E-state index is 0.108. The molecule has 1 heterocycles. The number of carbonyl (C=O) groups excluding carboxylic acids is 1. The number of ether oxygens (including phenoxy) is 2. The Labute approximate surface area is 167 Å². The van der Waals surface area contributed by atoms with E-state index in [0.29, 0.717) is 29.6 Å². The van der Waals surface area contributed by atoms with Crippen LogP contribution in [0.15, 0.2) is 48.5 Å². The SMILES string of the molecule is COc1cc(C(=O)N2CC[C@@H]3CCCC[C@@H]3C2)ccc1OCc1ccccc1. The molecule has 0 aromatic heterocycles. The number of amides is 1. The van der Waals surface area contributed by atoms with Crippen LogP contribution in [-0.4, -0.2) is 31.0 Å². The summed E-state index contributed by atoms with van der Waals surface area (Å²) in [6, 6.07) is 15.6. The molecule has 2 aromatic rings. The number of likely N-dealkylation sites (tertiary alicyclic amines) is 1. The van der Waals surface area contributed by atoms with Crippen molar-refractivity contribution in [3.05, 3.63) is 59.7 Å². The van der Waals surface area contributed by atoms with Crippen LogP contribution in [0.4, 0.5) is 0 Å². The molecule has 1 amide bonds. The van der Waals surface area contributed by atoms with Crippen molar-refractivity contribution in [2.24, 2.45) is 11.8 Å². The first-order valence-corrected chi connectivity index (χ1v) is 10.4. The predicted octanol–water partition coefficient (Wildman–Crippen LogP) is 4.93. The van der Waals surface area contributed by atoms with Crippen LogP contribution in [0.5, 0.6) is 11.5 Å². The summed E-state index contributed by atoms with van der Waals surface area (Å²) < 4.78 is 11.4. The maximum absolute atomic E-state index is 13.1. The molecule has 0 spiro atoms. The largest absolute Gasteiger partial charge is 0.493 e. The van der Waals surface area contributed by atoms with Crippen molar-refractivity contribution >= 4 is 5.91 Å². The number of hydrogen-bond acceptors (Lipinski definition) is 3. The standard InChI is InChI=1S/C24H29NO3/c1-27-23-15-20(11-12-22(23)28-17-18-7-3-2-4-8-18)24(26)25-14-13-19-9-5-6-10-21(19)16-25/h2-4,7-8,11-12,15,19,21H,5-6,9-10,13-14,16-17H2,1H3/t19-,21+/m0/s1. The van der Waals surface area contributed by atoms with Gasteiger partial charge in [0, 0.05) is 18.7 Å². The minimum absolute atomic E-state index is 0.108. The van der Waals surface area contributed by atoms with Crippen molar-refractivity contribution in [3.8, 4) is 11.5 Å². The maximum Gasteiger partial charge on any atom is 0.254 e. The van der Waals surface area contributed by atoms with Crippen molar-refractivity contribution in [1.29, 1.82) is 0 Å². The van der Waals surface area contributed by atoms with E-state index < -0.39 is 0 Å². The summed E-state index contributed by atoms with van der Waals surface area (Å²) in [5, 5.41) is 0. The summed E-state index contributed by atoms with van der Waals surface area (Å²) in [6.07, 6.45) is 6.42.